The lowest BCUT2D eigenvalue weighted by atomic mass is 10.0. The van der Waals surface area contributed by atoms with Crippen LogP contribution < -0.4 is 4.90 Å². The van der Waals surface area contributed by atoms with E-state index in [1.54, 1.807) is 0 Å². The third-order valence-corrected chi connectivity index (χ3v) is 5.76. The Kier molecular flexibility index (Phi) is 6.02. The molecule has 0 radical (unpaired) electrons. The van der Waals surface area contributed by atoms with Gasteiger partial charge in [-0.05, 0) is 44.9 Å². The van der Waals surface area contributed by atoms with Crippen molar-refractivity contribution in [3.63, 3.8) is 0 Å². The molecule has 0 bridgehead atoms. The normalized spacial score (nSPS) is 22.0. The number of para-hydroxylation sites is 1. The summed E-state index contributed by atoms with van der Waals surface area (Å²) >= 11 is 0. The Morgan fingerprint density at radius 1 is 1.11 bits per heavy atom. The average molecular weight is 383 g/mol. The molecule has 2 aromatic rings. The zero-order chi connectivity index (χ0) is 19.3. The first-order valence-electron chi connectivity index (χ1n) is 10.3. The van der Waals surface area contributed by atoms with Gasteiger partial charge < -0.3 is 14.3 Å². The highest BCUT2D eigenvalue weighted by Crippen LogP contribution is 2.24. The summed E-state index contributed by atoms with van der Waals surface area (Å²) in [5.74, 6) is 1.69. The Morgan fingerprint density at radius 2 is 1.89 bits per heavy atom. The molecule has 0 N–H and O–H groups in total. The van der Waals surface area contributed by atoms with Gasteiger partial charge in [-0.15, -0.1) is 0 Å². The molecule has 1 aromatic carbocycles. The van der Waals surface area contributed by atoms with E-state index in [1.807, 2.05) is 42.2 Å². The minimum absolute atomic E-state index is 0.0254. The maximum atomic E-state index is 13.1. The number of rotatable bonds is 6. The number of hydrogen-bond donors (Lipinski definition) is 0. The van der Waals surface area contributed by atoms with Crippen LogP contribution in [0.25, 0.3) is 0 Å². The van der Waals surface area contributed by atoms with Crippen LogP contribution in [0.4, 0.5) is 5.69 Å². The Balaban J connectivity index is 1.25. The monoisotopic (exact) mass is 383 g/mol. The highest BCUT2D eigenvalue weighted by atomic mass is 16.5. The van der Waals surface area contributed by atoms with Gasteiger partial charge in [0.05, 0.1) is 6.04 Å². The van der Waals surface area contributed by atoms with Crippen molar-refractivity contribution in [3.8, 4) is 0 Å². The molecule has 2 saturated heterocycles. The first kappa shape index (κ1) is 19.1. The lowest BCUT2D eigenvalue weighted by molar-refractivity contribution is -0.126. The fourth-order valence-corrected chi connectivity index (χ4v) is 4.25. The summed E-state index contributed by atoms with van der Waals surface area (Å²) in [6, 6.07) is 10.1. The maximum Gasteiger partial charge on any atom is 0.244 e. The molecule has 2 aliphatic heterocycles. The molecule has 0 spiro atoms. The smallest absolute Gasteiger partial charge is 0.244 e. The number of nitrogens with zero attached hydrogens (tertiary/aromatic N) is 5. The van der Waals surface area contributed by atoms with Gasteiger partial charge in [-0.2, -0.15) is 4.98 Å². The van der Waals surface area contributed by atoms with Crippen molar-refractivity contribution in [2.45, 2.75) is 38.6 Å². The Labute approximate surface area is 166 Å². The zero-order valence-electron chi connectivity index (χ0n) is 16.6. The molecule has 1 aromatic heterocycles. The summed E-state index contributed by atoms with van der Waals surface area (Å²) in [5, 5.41) is 3.84. The Bertz CT molecular complexity index is 770. The van der Waals surface area contributed by atoms with Crippen molar-refractivity contribution in [3.05, 3.63) is 42.0 Å². The molecule has 1 amide bonds. The second-order valence-corrected chi connectivity index (χ2v) is 7.70. The van der Waals surface area contributed by atoms with E-state index in [1.165, 1.54) is 0 Å². The molecule has 28 heavy (non-hydrogen) atoms. The molecule has 150 valence electrons. The number of piperazine rings is 1. The number of anilines is 1. The maximum absolute atomic E-state index is 13.1. The van der Waals surface area contributed by atoms with E-state index in [4.69, 9.17) is 4.52 Å². The molecule has 0 saturated carbocycles. The summed E-state index contributed by atoms with van der Waals surface area (Å²) < 4.78 is 5.18. The van der Waals surface area contributed by atoms with Crippen LogP contribution in [-0.4, -0.2) is 71.2 Å². The lowest BCUT2D eigenvalue weighted by Crippen LogP contribution is -2.57. The molecule has 2 fully saturated rings. The zero-order valence-corrected chi connectivity index (χ0v) is 16.6. The van der Waals surface area contributed by atoms with E-state index >= 15 is 0 Å². The van der Waals surface area contributed by atoms with Crippen LogP contribution in [0.2, 0.25) is 0 Å². The van der Waals surface area contributed by atoms with E-state index in [9.17, 15) is 4.79 Å². The first-order valence-corrected chi connectivity index (χ1v) is 10.3. The second kappa shape index (κ2) is 8.84. The van der Waals surface area contributed by atoms with Crippen molar-refractivity contribution in [1.29, 1.82) is 0 Å². The summed E-state index contributed by atoms with van der Waals surface area (Å²) in [6.07, 6.45) is 3.88. The number of aryl methyl sites for hydroxylation is 2. The van der Waals surface area contributed by atoms with Gasteiger partial charge in [0.25, 0.3) is 0 Å². The van der Waals surface area contributed by atoms with E-state index in [-0.39, 0.29) is 11.9 Å². The van der Waals surface area contributed by atoms with Gasteiger partial charge in [-0.25, -0.2) is 0 Å². The van der Waals surface area contributed by atoms with Crippen molar-refractivity contribution in [2.75, 3.05) is 44.2 Å². The average Bonchev–Trinajstić information content (AvgIpc) is 3.14. The topological polar surface area (TPSA) is 65.7 Å². The van der Waals surface area contributed by atoms with Gasteiger partial charge in [-0.1, -0.05) is 23.4 Å². The van der Waals surface area contributed by atoms with Crippen LogP contribution in [0, 0.1) is 6.92 Å². The fourth-order valence-electron chi connectivity index (χ4n) is 4.25. The fraction of sp³-hybridized carbons (Fsp3) is 0.571. The van der Waals surface area contributed by atoms with E-state index in [0.717, 1.165) is 76.5 Å². The number of piperidine rings is 1. The van der Waals surface area contributed by atoms with Crippen molar-refractivity contribution < 1.29 is 9.32 Å². The van der Waals surface area contributed by atoms with Gasteiger partial charge in [0.1, 0.15) is 0 Å². The Morgan fingerprint density at radius 3 is 2.61 bits per heavy atom. The van der Waals surface area contributed by atoms with Crippen LogP contribution in [0.3, 0.4) is 0 Å². The molecule has 0 aliphatic carbocycles. The third kappa shape index (κ3) is 4.42. The van der Waals surface area contributed by atoms with Crippen molar-refractivity contribution >= 4 is 11.6 Å². The molecule has 7 nitrogen and oxygen atoms in total. The molecular formula is C21H29N5O2. The van der Waals surface area contributed by atoms with Gasteiger partial charge in [-0.3, -0.25) is 9.69 Å². The SMILES string of the molecule is Cc1noc(CCCN2CCN(C3CCCN(c4ccccc4)C3=O)CC2)n1. The lowest BCUT2D eigenvalue weighted by Gasteiger charge is -2.42. The van der Waals surface area contributed by atoms with Gasteiger partial charge >= 0.3 is 0 Å². The number of carbonyl (C=O) groups excluding carboxylic acids is 1. The first-order chi connectivity index (χ1) is 13.7. The molecule has 3 heterocycles. The number of benzene rings is 1. The Hall–Kier alpha value is -2.25. The number of hydrogen-bond acceptors (Lipinski definition) is 6. The summed E-state index contributed by atoms with van der Waals surface area (Å²) in [7, 11) is 0. The van der Waals surface area contributed by atoms with Gasteiger partial charge in [0, 0.05) is 44.8 Å². The van der Waals surface area contributed by atoms with Crippen LogP contribution in [0.5, 0.6) is 0 Å². The van der Waals surface area contributed by atoms with E-state index in [2.05, 4.69) is 19.9 Å². The molecule has 1 atom stereocenters. The predicted octanol–water partition coefficient (Wildman–Crippen LogP) is 2.12. The highest BCUT2D eigenvalue weighted by molar-refractivity contribution is 5.97. The van der Waals surface area contributed by atoms with Crippen molar-refractivity contribution in [2.24, 2.45) is 0 Å². The number of amides is 1. The van der Waals surface area contributed by atoms with Crippen LogP contribution in [0.15, 0.2) is 34.9 Å². The van der Waals surface area contributed by atoms with Crippen LogP contribution in [-0.2, 0) is 11.2 Å². The number of aromatic nitrogens is 2. The third-order valence-electron chi connectivity index (χ3n) is 5.76. The molecule has 2 aliphatic rings. The van der Waals surface area contributed by atoms with Gasteiger partial charge in [0.2, 0.25) is 11.8 Å². The minimum Gasteiger partial charge on any atom is -0.339 e. The molecule has 7 heteroatoms. The van der Waals surface area contributed by atoms with E-state index in [0.29, 0.717) is 5.82 Å². The standard InChI is InChI=1S/C21H29N5O2/c1-17-22-20(28-23-17)10-6-11-24-13-15-25(16-14-24)19-9-5-12-26(21(19)27)18-7-3-2-4-8-18/h2-4,7-8,19H,5-6,9-16H2,1H3. The highest BCUT2D eigenvalue weighted by Gasteiger charge is 2.35. The summed E-state index contributed by atoms with van der Waals surface area (Å²) in [5.41, 5.74) is 1.02. The van der Waals surface area contributed by atoms with Crippen LogP contribution in [0.1, 0.15) is 31.0 Å². The number of carbonyl (C=O) groups is 1. The minimum atomic E-state index is 0.0254. The molecular weight excluding hydrogens is 354 g/mol. The van der Waals surface area contributed by atoms with E-state index < -0.39 is 0 Å². The molecule has 4 rings (SSSR count). The molecule has 1 unspecified atom stereocenters. The summed E-state index contributed by atoms with van der Waals surface area (Å²) in [4.78, 5) is 24.2. The van der Waals surface area contributed by atoms with Gasteiger partial charge in [0.15, 0.2) is 5.82 Å². The quantitative estimate of drug-likeness (QED) is 0.761. The van der Waals surface area contributed by atoms with Crippen LogP contribution >= 0.6 is 0 Å². The largest absolute Gasteiger partial charge is 0.339 e. The summed E-state index contributed by atoms with van der Waals surface area (Å²) in [6.45, 7) is 7.64. The predicted molar refractivity (Wildman–Crippen MR) is 107 cm³/mol. The second-order valence-electron chi connectivity index (χ2n) is 7.70. The van der Waals surface area contributed by atoms with Crippen molar-refractivity contribution in [1.82, 2.24) is 19.9 Å².